The Kier molecular flexibility index (Phi) is 4.98. The zero-order valence-corrected chi connectivity index (χ0v) is 11.7. The van der Waals surface area contributed by atoms with Crippen molar-refractivity contribution >= 4 is 5.78 Å². The van der Waals surface area contributed by atoms with Crippen LogP contribution in [0.4, 0.5) is 0 Å². The van der Waals surface area contributed by atoms with E-state index in [-0.39, 0.29) is 17.3 Å². The minimum atomic E-state index is -0.255. The van der Waals surface area contributed by atoms with Crippen LogP contribution in [-0.2, 0) is 4.74 Å². The number of carbonyl (C=O) groups is 1. The molecule has 0 unspecified atom stereocenters. The van der Waals surface area contributed by atoms with E-state index in [1.54, 1.807) is 7.11 Å². The first-order chi connectivity index (χ1) is 9.60. The third-order valence-electron chi connectivity index (χ3n) is 3.77. The van der Waals surface area contributed by atoms with Crippen LogP contribution in [0.2, 0.25) is 0 Å². The number of benzene rings is 1. The number of carbonyl (C=O) groups excluding carboxylic acids is 1. The van der Waals surface area contributed by atoms with Gasteiger partial charge in [0.25, 0.3) is 0 Å². The molecule has 110 valence electrons. The van der Waals surface area contributed by atoms with Crippen molar-refractivity contribution in [2.45, 2.75) is 12.8 Å². The molecule has 2 N–H and O–H groups in total. The van der Waals surface area contributed by atoms with Crippen LogP contribution < -0.4 is 0 Å². The Bertz CT molecular complexity index is 467. The van der Waals surface area contributed by atoms with Gasteiger partial charge in [0.2, 0.25) is 0 Å². The lowest BCUT2D eigenvalue weighted by Gasteiger charge is -2.31. The standard InChI is InChI=1S/C15H21NO4/c1-20-10-11-4-6-16(7-5-11)9-15(19)12-2-3-13(17)14(18)8-12/h2-3,8,11,17-18H,4-7,9-10H2,1H3. The van der Waals surface area contributed by atoms with E-state index < -0.39 is 0 Å². The van der Waals surface area contributed by atoms with Crippen molar-refractivity contribution in [2.24, 2.45) is 5.92 Å². The Balaban J connectivity index is 1.87. The van der Waals surface area contributed by atoms with Crippen molar-refractivity contribution in [3.05, 3.63) is 23.8 Å². The normalized spacial score (nSPS) is 17.2. The number of phenols is 2. The molecule has 1 aromatic rings. The van der Waals surface area contributed by atoms with Gasteiger partial charge in [-0.15, -0.1) is 0 Å². The quantitative estimate of drug-likeness (QED) is 0.633. The summed E-state index contributed by atoms with van der Waals surface area (Å²) in [5.41, 5.74) is 0.430. The molecule has 0 amide bonds. The van der Waals surface area contributed by atoms with E-state index in [0.29, 0.717) is 18.0 Å². The zero-order chi connectivity index (χ0) is 14.5. The minimum absolute atomic E-state index is 0.0366. The topological polar surface area (TPSA) is 70.0 Å². The molecule has 0 aromatic heterocycles. The summed E-state index contributed by atoms with van der Waals surface area (Å²) in [7, 11) is 1.72. The maximum atomic E-state index is 12.1. The van der Waals surface area contributed by atoms with Gasteiger partial charge in [0.1, 0.15) is 0 Å². The molecule has 0 atom stereocenters. The molecule has 0 bridgehead atoms. The summed E-state index contributed by atoms with van der Waals surface area (Å²) >= 11 is 0. The first kappa shape index (κ1) is 14.8. The summed E-state index contributed by atoms with van der Waals surface area (Å²) in [6.45, 7) is 2.92. The Hall–Kier alpha value is -1.59. The second-order valence-electron chi connectivity index (χ2n) is 5.30. The number of methoxy groups -OCH3 is 1. The largest absolute Gasteiger partial charge is 0.504 e. The van der Waals surface area contributed by atoms with E-state index in [2.05, 4.69) is 4.90 Å². The van der Waals surface area contributed by atoms with Gasteiger partial charge in [-0.1, -0.05) is 0 Å². The number of hydrogen-bond acceptors (Lipinski definition) is 5. The number of piperidine rings is 1. The summed E-state index contributed by atoms with van der Waals surface area (Å²) in [5, 5.41) is 18.7. The van der Waals surface area contributed by atoms with Crippen LogP contribution in [0.1, 0.15) is 23.2 Å². The summed E-state index contributed by atoms with van der Waals surface area (Å²) in [4.78, 5) is 14.2. The van der Waals surface area contributed by atoms with Gasteiger partial charge in [-0.05, 0) is 50.0 Å². The predicted molar refractivity (Wildman–Crippen MR) is 75.1 cm³/mol. The van der Waals surface area contributed by atoms with E-state index in [4.69, 9.17) is 4.74 Å². The Morgan fingerprint density at radius 1 is 1.30 bits per heavy atom. The molecule has 1 saturated heterocycles. The van der Waals surface area contributed by atoms with E-state index in [1.807, 2.05) is 0 Å². The van der Waals surface area contributed by atoms with Crippen LogP contribution in [0, 0.1) is 5.92 Å². The van der Waals surface area contributed by atoms with E-state index in [0.717, 1.165) is 32.5 Å². The molecule has 5 heteroatoms. The van der Waals surface area contributed by atoms with E-state index in [1.165, 1.54) is 18.2 Å². The van der Waals surface area contributed by atoms with Crippen molar-refractivity contribution in [2.75, 3.05) is 33.4 Å². The van der Waals surface area contributed by atoms with Gasteiger partial charge in [-0.25, -0.2) is 0 Å². The third-order valence-corrected chi connectivity index (χ3v) is 3.77. The van der Waals surface area contributed by atoms with Gasteiger partial charge in [0, 0.05) is 19.3 Å². The van der Waals surface area contributed by atoms with Crippen LogP contribution in [-0.4, -0.2) is 54.2 Å². The highest BCUT2D eigenvalue weighted by atomic mass is 16.5. The molecule has 5 nitrogen and oxygen atoms in total. The molecular formula is C15H21NO4. The second-order valence-corrected chi connectivity index (χ2v) is 5.30. The number of aromatic hydroxyl groups is 2. The lowest BCUT2D eigenvalue weighted by Crippen LogP contribution is -2.38. The van der Waals surface area contributed by atoms with Crippen LogP contribution in [0.25, 0.3) is 0 Å². The minimum Gasteiger partial charge on any atom is -0.504 e. The average Bonchev–Trinajstić information content (AvgIpc) is 2.44. The van der Waals surface area contributed by atoms with Gasteiger partial charge in [0.05, 0.1) is 6.54 Å². The van der Waals surface area contributed by atoms with Crippen molar-refractivity contribution < 1.29 is 19.7 Å². The van der Waals surface area contributed by atoms with Gasteiger partial charge >= 0.3 is 0 Å². The number of Topliss-reactive ketones (excluding diaryl/α,β-unsaturated/α-hetero) is 1. The van der Waals surface area contributed by atoms with E-state index >= 15 is 0 Å². The van der Waals surface area contributed by atoms with Crippen molar-refractivity contribution in [1.29, 1.82) is 0 Å². The van der Waals surface area contributed by atoms with Crippen LogP contribution in [0.15, 0.2) is 18.2 Å². The van der Waals surface area contributed by atoms with Crippen LogP contribution in [0.3, 0.4) is 0 Å². The summed E-state index contributed by atoms with van der Waals surface area (Å²) in [5.74, 6) is 0.0890. The molecule has 0 radical (unpaired) electrons. The fraction of sp³-hybridized carbons (Fsp3) is 0.533. The van der Waals surface area contributed by atoms with Gasteiger partial charge in [-0.2, -0.15) is 0 Å². The smallest absolute Gasteiger partial charge is 0.176 e. The lowest BCUT2D eigenvalue weighted by atomic mass is 9.97. The van der Waals surface area contributed by atoms with E-state index in [9.17, 15) is 15.0 Å². The Morgan fingerprint density at radius 3 is 2.60 bits per heavy atom. The third kappa shape index (κ3) is 3.71. The molecule has 0 aliphatic carbocycles. The van der Waals surface area contributed by atoms with Crippen molar-refractivity contribution in [3.63, 3.8) is 0 Å². The Labute approximate surface area is 118 Å². The number of ketones is 1. The number of phenolic OH excluding ortho intramolecular Hbond substituents is 2. The predicted octanol–water partition coefficient (Wildman–Crippen LogP) is 1.64. The molecule has 1 aliphatic rings. The molecular weight excluding hydrogens is 258 g/mol. The summed E-state index contributed by atoms with van der Waals surface area (Å²) in [6, 6.07) is 4.19. The maximum Gasteiger partial charge on any atom is 0.176 e. The van der Waals surface area contributed by atoms with Crippen molar-refractivity contribution in [1.82, 2.24) is 4.90 Å². The van der Waals surface area contributed by atoms with Gasteiger partial charge in [0.15, 0.2) is 17.3 Å². The molecule has 2 rings (SSSR count). The molecule has 0 saturated carbocycles. The monoisotopic (exact) mass is 279 g/mol. The maximum absolute atomic E-state index is 12.1. The number of hydrogen-bond donors (Lipinski definition) is 2. The van der Waals surface area contributed by atoms with Gasteiger partial charge in [-0.3, -0.25) is 9.69 Å². The number of rotatable bonds is 5. The number of nitrogens with zero attached hydrogens (tertiary/aromatic N) is 1. The molecule has 20 heavy (non-hydrogen) atoms. The Morgan fingerprint density at radius 2 is 2.00 bits per heavy atom. The fourth-order valence-electron chi connectivity index (χ4n) is 2.54. The molecule has 1 fully saturated rings. The molecule has 0 spiro atoms. The SMILES string of the molecule is COCC1CCN(CC(=O)c2ccc(O)c(O)c2)CC1. The number of ether oxygens (including phenoxy) is 1. The first-order valence-electron chi connectivity index (χ1n) is 6.86. The van der Waals surface area contributed by atoms with Crippen LogP contribution >= 0.6 is 0 Å². The first-order valence-corrected chi connectivity index (χ1v) is 6.86. The lowest BCUT2D eigenvalue weighted by molar-refractivity contribution is 0.0809. The molecule has 1 aliphatic heterocycles. The number of likely N-dealkylation sites (tertiary alicyclic amines) is 1. The van der Waals surface area contributed by atoms with Crippen LogP contribution in [0.5, 0.6) is 11.5 Å². The molecule has 1 aromatic carbocycles. The highest BCUT2D eigenvalue weighted by Gasteiger charge is 2.21. The highest BCUT2D eigenvalue weighted by molar-refractivity contribution is 5.98. The van der Waals surface area contributed by atoms with Crippen molar-refractivity contribution in [3.8, 4) is 11.5 Å². The summed E-state index contributed by atoms with van der Waals surface area (Å²) < 4.78 is 5.15. The molecule has 1 heterocycles. The highest BCUT2D eigenvalue weighted by Crippen LogP contribution is 2.25. The second kappa shape index (κ2) is 6.72. The zero-order valence-electron chi connectivity index (χ0n) is 11.7. The average molecular weight is 279 g/mol. The summed E-state index contributed by atoms with van der Waals surface area (Å²) in [6.07, 6.45) is 2.09. The fourth-order valence-corrected chi connectivity index (χ4v) is 2.54. The van der Waals surface area contributed by atoms with Gasteiger partial charge < -0.3 is 14.9 Å².